The number of nitrogens with zero attached hydrogens (tertiary/aromatic N) is 2. The van der Waals surface area contributed by atoms with Crippen LogP contribution in [-0.4, -0.2) is 25.9 Å². The minimum absolute atomic E-state index is 0.295. The molecule has 2 amide bonds. The van der Waals surface area contributed by atoms with Crippen molar-refractivity contribution in [2.75, 3.05) is 23.9 Å². The van der Waals surface area contributed by atoms with E-state index in [-0.39, 0.29) is 11.8 Å². The van der Waals surface area contributed by atoms with Crippen molar-refractivity contribution in [1.29, 1.82) is 0 Å². The third-order valence-corrected chi connectivity index (χ3v) is 5.06. The molecule has 1 aliphatic rings. The summed E-state index contributed by atoms with van der Waals surface area (Å²) in [6, 6.07) is 22.7. The maximum atomic E-state index is 13.4. The van der Waals surface area contributed by atoms with Crippen molar-refractivity contribution in [3.05, 3.63) is 95.1 Å². The fourth-order valence-electron chi connectivity index (χ4n) is 3.53. The second-order valence-electron chi connectivity index (χ2n) is 7.37. The molecule has 0 aliphatic carbocycles. The van der Waals surface area contributed by atoms with Gasteiger partial charge in [0, 0.05) is 30.9 Å². The normalized spacial score (nSPS) is 14.9. The van der Waals surface area contributed by atoms with E-state index in [0.29, 0.717) is 22.4 Å². The summed E-state index contributed by atoms with van der Waals surface area (Å²) in [7, 11) is 3.97. The van der Waals surface area contributed by atoms with Gasteiger partial charge in [-0.15, -0.1) is 0 Å². The Bertz CT molecular complexity index is 1130. The van der Waals surface area contributed by atoms with E-state index in [9.17, 15) is 9.59 Å². The van der Waals surface area contributed by atoms with E-state index in [4.69, 9.17) is 0 Å². The van der Waals surface area contributed by atoms with Crippen LogP contribution in [0.1, 0.15) is 27.0 Å². The summed E-state index contributed by atoms with van der Waals surface area (Å²) < 4.78 is 0. The first-order valence-electron chi connectivity index (χ1n) is 9.49. The lowest BCUT2D eigenvalue weighted by molar-refractivity contribution is -0.112. The zero-order chi connectivity index (χ0) is 20.5. The lowest BCUT2D eigenvalue weighted by atomic mass is 9.91. The number of hydrogen-bond acceptors (Lipinski definition) is 3. The number of aryl methyl sites for hydroxylation is 1. The number of amides is 2. The van der Waals surface area contributed by atoms with Crippen LogP contribution in [0.15, 0.2) is 72.8 Å². The Hall–Kier alpha value is -3.66. The van der Waals surface area contributed by atoms with Gasteiger partial charge in [0.2, 0.25) is 0 Å². The number of benzene rings is 3. The Morgan fingerprint density at radius 2 is 1.48 bits per heavy atom. The molecule has 1 aliphatic heterocycles. The summed E-state index contributed by atoms with van der Waals surface area (Å²) in [6.45, 7) is 1.94. The van der Waals surface area contributed by atoms with Crippen LogP contribution in [0.2, 0.25) is 0 Å². The van der Waals surface area contributed by atoms with Crippen LogP contribution in [0.25, 0.3) is 11.6 Å². The molecule has 3 aromatic rings. The summed E-state index contributed by atoms with van der Waals surface area (Å²) >= 11 is 0. The van der Waals surface area contributed by atoms with Crippen LogP contribution in [-0.2, 0) is 4.79 Å². The molecule has 0 radical (unpaired) electrons. The number of imide groups is 1. The molecule has 4 nitrogen and oxygen atoms in total. The first kappa shape index (κ1) is 18.7. The zero-order valence-electron chi connectivity index (χ0n) is 16.7. The fourth-order valence-corrected chi connectivity index (χ4v) is 3.53. The number of carbonyl (C=O) groups excluding carboxylic acids is 2. The molecule has 144 valence electrons. The lowest BCUT2D eigenvalue weighted by Crippen LogP contribution is -2.41. The molecule has 0 aromatic heterocycles. The lowest BCUT2D eigenvalue weighted by Gasteiger charge is -2.29. The van der Waals surface area contributed by atoms with Gasteiger partial charge in [-0.1, -0.05) is 42.5 Å². The first-order valence-corrected chi connectivity index (χ1v) is 9.49. The van der Waals surface area contributed by atoms with Crippen molar-refractivity contribution in [1.82, 2.24) is 0 Å². The molecule has 0 unspecified atom stereocenters. The first-order chi connectivity index (χ1) is 14.0. The molecular weight excluding hydrogens is 360 g/mol. The van der Waals surface area contributed by atoms with Gasteiger partial charge in [0.05, 0.1) is 5.69 Å². The van der Waals surface area contributed by atoms with E-state index in [2.05, 4.69) is 0 Å². The average molecular weight is 382 g/mol. The van der Waals surface area contributed by atoms with Crippen LogP contribution in [0.5, 0.6) is 0 Å². The second kappa shape index (κ2) is 7.40. The topological polar surface area (TPSA) is 40.6 Å². The van der Waals surface area contributed by atoms with Gasteiger partial charge >= 0.3 is 0 Å². The smallest absolute Gasteiger partial charge is 0.265 e. The molecule has 4 rings (SSSR count). The highest BCUT2D eigenvalue weighted by molar-refractivity contribution is 6.43. The van der Waals surface area contributed by atoms with Crippen LogP contribution in [0.3, 0.4) is 0 Å². The zero-order valence-corrected chi connectivity index (χ0v) is 16.7. The van der Waals surface area contributed by atoms with Gasteiger partial charge in [-0.25, -0.2) is 4.90 Å². The molecule has 29 heavy (non-hydrogen) atoms. The van der Waals surface area contributed by atoms with Gasteiger partial charge in [-0.2, -0.15) is 0 Å². The highest BCUT2D eigenvalue weighted by Gasteiger charge is 2.35. The highest BCUT2D eigenvalue weighted by atomic mass is 16.2. The average Bonchev–Trinajstić information content (AvgIpc) is 2.72. The molecule has 0 fully saturated rings. The molecule has 0 bridgehead atoms. The number of fused-ring (bicyclic) bond motifs is 1. The van der Waals surface area contributed by atoms with E-state index in [1.807, 2.05) is 92.7 Å². The van der Waals surface area contributed by atoms with E-state index < -0.39 is 0 Å². The van der Waals surface area contributed by atoms with Crippen molar-refractivity contribution in [2.24, 2.45) is 0 Å². The summed E-state index contributed by atoms with van der Waals surface area (Å²) in [5, 5.41) is 0. The predicted molar refractivity (Wildman–Crippen MR) is 118 cm³/mol. The summed E-state index contributed by atoms with van der Waals surface area (Å²) in [5.74, 6) is -0.604. The number of rotatable bonds is 3. The van der Waals surface area contributed by atoms with E-state index >= 15 is 0 Å². The molecular formula is C25H22N2O2. The van der Waals surface area contributed by atoms with E-state index in [1.54, 1.807) is 12.1 Å². The Labute approximate surface area is 170 Å². The molecule has 0 saturated carbocycles. The van der Waals surface area contributed by atoms with Gasteiger partial charge in [0.25, 0.3) is 11.8 Å². The highest BCUT2D eigenvalue weighted by Crippen LogP contribution is 2.33. The Morgan fingerprint density at radius 1 is 0.793 bits per heavy atom. The maximum absolute atomic E-state index is 13.4. The van der Waals surface area contributed by atoms with Crippen LogP contribution in [0.4, 0.5) is 11.4 Å². The molecule has 0 saturated heterocycles. The second-order valence-corrected chi connectivity index (χ2v) is 7.37. The quantitative estimate of drug-likeness (QED) is 0.483. The minimum Gasteiger partial charge on any atom is -0.378 e. The fraction of sp³-hybridized carbons (Fsp3) is 0.120. The minimum atomic E-state index is -0.309. The van der Waals surface area contributed by atoms with Gasteiger partial charge in [-0.05, 0) is 60.0 Å². The number of carbonyl (C=O) groups is 2. The Kier molecular flexibility index (Phi) is 4.77. The molecule has 0 atom stereocenters. The van der Waals surface area contributed by atoms with Crippen molar-refractivity contribution < 1.29 is 9.59 Å². The van der Waals surface area contributed by atoms with Crippen LogP contribution >= 0.6 is 0 Å². The van der Waals surface area contributed by atoms with Gasteiger partial charge in [-0.3, -0.25) is 9.59 Å². The van der Waals surface area contributed by atoms with Crippen LogP contribution < -0.4 is 9.80 Å². The van der Waals surface area contributed by atoms with Gasteiger partial charge in [0.1, 0.15) is 0 Å². The number of hydrogen-bond donors (Lipinski definition) is 0. The van der Waals surface area contributed by atoms with Crippen molar-refractivity contribution >= 4 is 34.8 Å². The maximum Gasteiger partial charge on any atom is 0.265 e. The third-order valence-electron chi connectivity index (χ3n) is 5.06. The monoisotopic (exact) mass is 382 g/mol. The Balaban J connectivity index is 1.85. The molecule has 1 heterocycles. The predicted octanol–water partition coefficient (Wildman–Crippen LogP) is 4.79. The van der Waals surface area contributed by atoms with Crippen molar-refractivity contribution in [3.63, 3.8) is 0 Å². The summed E-state index contributed by atoms with van der Waals surface area (Å²) in [5.41, 5.74) is 5.29. The van der Waals surface area contributed by atoms with Crippen LogP contribution in [0, 0.1) is 6.92 Å². The molecule has 4 heteroatoms. The van der Waals surface area contributed by atoms with E-state index in [1.165, 1.54) is 4.90 Å². The summed E-state index contributed by atoms with van der Waals surface area (Å²) in [4.78, 5) is 29.8. The van der Waals surface area contributed by atoms with Crippen molar-refractivity contribution in [2.45, 2.75) is 6.92 Å². The largest absolute Gasteiger partial charge is 0.378 e. The standard InChI is InChI=1S/C25H22N2O2/c1-17-7-6-8-20(15-17)27-24(28)22-10-5-4-9-21(22)23(25(27)29)16-18-11-13-19(14-12-18)26(2)3/h4-16H,1-3H3/b23-16-. The van der Waals surface area contributed by atoms with Crippen molar-refractivity contribution in [3.8, 4) is 0 Å². The van der Waals surface area contributed by atoms with Gasteiger partial charge < -0.3 is 4.90 Å². The SMILES string of the molecule is Cc1cccc(N2C(=O)/C(=C\c3ccc(N(C)C)cc3)c3ccccc3C2=O)c1. The number of anilines is 2. The summed E-state index contributed by atoms with van der Waals surface area (Å²) in [6.07, 6.45) is 1.86. The molecule has 0 spiro atoms. The molecule has 0 N–H and O–H groups in total. The Morgan fingerprint density at radius 3 is 2.14 bits per heavy atom. The molecule has 3 aromatic carbocycles. The third kappa shape index (κ3) is 3.45. The van der Waals surface area contributed by atoms with E-state index in [0.717, 1.165) is 16.8 Å². The van der Waals surface area contributed by atoms with Gasteiger partial charge in [0.15, 0.2) is 0 Å².